The number of rotatable bonds is 6. The van der Waals surface area contributed by atoms with E-state index < -0.39 is 0 Å². The molecule has 0 aliphatic heterocycles. The van der Waals surface area contributed by atoms with Crippen LogP contribution in [0.1, 0.15) is 18.1 Å². The molecule has 1 atom stereocenters. The minimum atomic E-state index is 0.313. The number of halogens is 3. The lowest BCUT2D eigenvalue weighted by Gasteiger charge is -2.19. The van der Waals surface area contributed by atoms with Crippen LogP contribution in [0.15, 0.2) is 46.9 Å². The molecular weight excluding hydrogens is 369 g/mol. The minimum absolute atomic E-state index is 0.313. The first-order valence-corrected chi connectivity index (χ1v) is 8.55. The molecule has 0 aliphatic rings. The summed E-state index contributed by atoms with van der Waals surface area (Å²) in [6.07, 6.45) is 1.77. The summed E-state index contributed by atoms with van der Waals surface area (Å²) in [6, 6.07) is 14.4. The zero-order valence-electron chi connectivity index (χ0n) is 11.9. The third kappa shape index (κ3) is 5.00. The van der Waals surface area contributed by atoms with Gasteiger partial charge >= 0.3 is 0 Å². The van der Waals surface area contributed by atoms with Crippen molar-refractivity contribution in [1.29, 1.82) is 0 Å². The largest absolute Gasteiger partial charge is 0.314 e. The molecule has 2 aromatic carbocycles. The number of benzene rings is 2. The van der Waals surface area contributed by atoms with Crippen molar-refractivity contribution in [2.45, 2.75) is 25.8 Å². The van der Waals surface area contributed by atoms with Gasteiger partial charge in [0.1, 0.15) is 0 Å². The van der Waals surface area contributed by atoms with E-state index in [1.54, 1.807) is 0 Å². The molecule has 0 fully saturated rings. The zero-order chi connectivity index (χ0) is 15.2. The first-order chi connectivity index (χ1) is 10.1. The van der Waals surface area contributed by atoms with E-state index in [0.717, 1.165) is 39.5 Å². The van der Waals surface area contributed by atoms with Crippen molar-refractivity contribution in [2.24, 2.45) is 0 Å². The van der Waals surface area contributed by atoms with Crippen molar-refractivity contribution in [1.82, 2.24) is 5.32 Å². The van der Waals surface area contributed by atoms with Gasteiger partial charge in [0.25, 0.3) is 0 Å². The van der Waals surface area contributed by atoms with Crippen LogP contribution >= 0.6 is 39.1 Å². The van der Waals surface area contributed by atoms with Gasteiger partial charge in [-0.25, -0.2) is 0 Å². The summed E-state index contributed by atoms with van der Waals surface area (Å²) in [4.78, 5) is 0. The van der Waals surface area contributed by atoms with E-state index in [0.29, 0.717) is 6.04 Å². The quantitative estimate of drug-likeness (QED) is 0.689. The van der Waals surface area contributed by atoms with E-state index in [1.165, 1.54) is 5.56 Å². The molecule has 2 aromatic rings. The average molecular weight is 387 g/mol. The molecule has 2 rings (SSSR count). The van der Waals surface area contributed by atoms with Gasteiger partial charge in [0.05, 0.1) is 0 Å². The summed E-state index contributed by atoms with van der Waals surface area (Å²) < 4.78 is 1.00. The summed E-state index contributed by atoms with van der Waals surface area (Å²) in [6.45, 7) is 3.03. The van der Waals surface area contributed by atoms with Crippen molar-refractivity contribution in [2.75, 3.05) is 6.54 Å². The van der Waals surface area contributed by atoms with Gasteiger partial charge in [-0.1, -0.05) is 70.3 Å². The molecule has 1 unspecified atom stereocenters. The second-order valence-electron chi connectivity index (χ2n) is 4.99. The van der Waals surface area contributed by atoms with Crippen LogP contribution in [0.3, 0.4) is 0 Å². The van der Waals surface area contributed by atoms with Crippen molar-refractivity contribution >= 4 is 39.1 Å². The van der Waals surface area contributed by atoms with Gasteiger partial charge in [0.15, 0.2) is 0 Å². The van der Waals surface area contributed by atoms with Gasteiger partial charge in [-0.3, -0.25) is 0 Å². The molecule has 1 nitrogen and oxygen atoms in total. The summed E-state index contributed by atoms with van der Waals surface area (Å²) >= 11 is 16.0. The third-order valence-corrected chi connectivity index (χ3v) is 4.61. The molecule has 0 aromatic heterocycles. The van der Waals surface area contributed by atoms with Crippen molar-refractivity contribution in [3.05, 3.63) is 68.1 Å². The molecule has 0 amide bonds. The lowest BCUT2D eigenvalue weighted by molar-refractivity contribution is 0.521. The highest BCUT2D eigenvalue weighted by Gasteiger charge is 2.13. The number of hydrogen-bond acceptors (Lipinski definition) is 1. The first kappa shape index (κ1) is 16.8. The fourth-order valence-corrected chi connectivity index (χ4v) is 3.35. The predicted octanol–water partition coefficient (Wildman–Crippen LogP) is 5.52. The number of hydrogen-bond donors (Lipinski definition) is 1. The van der Waals surface area contributed by atoms with Crippen LogP contribution in [0, 0.1) is 0 Å². The molecule has 112 valence electrons. The van der Waals surface area contributed by atoms with E-state index >= 15 is 0 Å². The normalized spacial score (nSPS) is 12.4. The molecule has 0 spiro atoms. The molecule has 0 aliphatic carbocycles. The van der Waals surface area contributed by atoms with Crippen LogP contribution in [0.4, 0.5) is 0 Å². The van der Waals surface area contributed by atoms with Gasteiger partial charge in [0, 0.05) is 20.6 Å². The Bertz CT molecular complexity index is 601. The Labute approximate surface area is 144 Å². The Hall–Kier alpha value is -0.540. The summed E-state index contributed by atoms with van der Waals surface area (Å²) in [7, 11) is 0. The molecule has 0 bridgehead atoms. The highest BCUT2D eigenvalue weighted by atomic mass is 79.9. The maximum Gasteiger partial charge on any atom is 0.0449 e. The Morgan fingerprint density at radius 1 is 1.00 bits per heavy atom. The Morgan fingerprint density at radius 3 is 2.29 bits per heavy atom. The van der Waals surface area contributed by atoms with Gasteiger partial charge in [-0.2, -0.15) is 0 Å². The fraction of sp³-hybridized carbons (Fsp3) is 0.294. The molecule has 1 N–H and O–H groups in total. The standard InChI is InChI=1S/C17H18BrCl2N/c1-2-21-15(9-12-5-3-4-6-16(12)19)10-13-7-8-14(18)11-17(13)20/h3-8,11,15,21H,2,9-10H2,1H3. The smallest absolute Gasteiger partial charge is 0.0449 e. The van der Waals surface area contributed by atoms with E-state index in [4.69, 9.17) is 23.2 Å². The summed E-state index contributed by atoms with van der Waals surface area (Å²) in [5.74, 6) is 0. The van der Waals surface area contributed by atoms with Crippen LogP contribution in [0.5, 0.6) is 0 Å². The van der Waals surface area contributed by atoms with E-state index in [-0.39, 0.29) is 0 Å². The third-order valence-electron chi connectivity index (χ3n) is 3.40. The van der Waals surface area contributed by atoms with Gasteiger partial charge in [-0.05, 0) is 48.7 Å². The average Bonchev–Trinajstić information content (AvgIpc) is 2.44. The maximum absolute atomic E-state index is 6.32. The van der Waals surface area contributed by atoms with Gasteiger partial charge < -0.3 is 5.32 Å². The van der Waals surface area contributed by atoms with E-state index in [2.05, 4.69) is 40.3 Å². The Balaban J connectivity index is 2.14. The zero-order valence-corrected chi connectivity index (χ0v) is 15.0. The highest BCUT2D eigenvalue weighted by molar-refractivity contribution is 9.10. The topological polar surface area (TPSA) is 12.0 Å². The monoisotopic (exact) mass is 385 g/mol. The van der Waals surface area contributed by atoms with Gasteiger partial charge in [-0.15, -0.1) is 0 Å². The van der Waals surface area contributed by atoms with Crippen LogP contribution in [0.2, 0.25) is 10.0 Å². The van der Waals surface area contributed by atoms with E-state index in [9.17, 15) is 0 Å². The molecule has 0 saturated carbocycles. The van der Waals surface area contributed by atoms with Crippen LogP contribution in [0.25, 0.3) is 0 Å². The summed E-state index contributed by atoms with van der Waals surface area (Å²) in [5.41, 5.74) is 2.32. The SMILES string of the molecule is CCNC(Cc1ccccc1Cl)Cc1ccc(Br)cc1Cl. The lowest BCUT2D eigenvalue weighted by atomic mass is 9.99. The Morgan fingerprint density at radius 2 is 1.67 bits per heavy atom. The highest BCUT2D eigenvalue weighted by Crippen LogP contribution is 2.24. The molecule has 0 saturated heterocycles. The molecule has 0 heterocycles. The second-order valence-corrected chi connectivity index (χ2v) is 6.72. The number of nitrogens with one attached hydrogen (secondary N) is 1. The predicted molar refractivity (Wildman–Crippen MR) is 95.5 cm³/mol. The van der Waals surface area contributed by atoms with Crippen molar-refractivity contribution in [3.63, 3.8) is 0 Å². The van der Waals surface area contributed by atoms with Crippen molar-refractivity contribution in [3.8, 4) is 0 Å². The van der Waals surface area contributed by atoms with E-state index in [1.807, 2.05) is 30.3 Å². The summed E-state index contributed by atoms with van der Waals surface area (Å²) in [5, 5.41) is 5.14. The van der Waals surface area contributed by atoms with Gasteiger partial charge in [0.2, 0.25) is 0 Å². The number of likely N-dealkylation sites (N-methyl/N-ethyl adjacent to an activating group) is 1. The first-order valence-electron chi connectivity index (χ1n) is 7.01. The Kier molecular flexibility index (Phi) is 6.56. The fourth-order valence-electron chi connectivity index (χ4n) is 2.39. The molecule has 0 radical (unpaired) electrons. The molecular formula is C17H18BrCl2N. The molecule has 4 heteroatoms. The van der Waals surface area contributed by atoms with Crippen LogP contribution < -0.4 is 5.32 Å². The maximum atomic E-state index is 6.32. The lowest BCUT2D eigenvalue weighted by Crippen LogP contribution is -2.33. The minimum Gasteiger partial charge on any atom is -0.314 e. The van der Waals surface area contributed by atoms with Crippen LogP contribution in [-0.4, -0.2) is 12.6 Å². The van der Waals surface area contributed by atoms with Crippen LogP contribution in [-0.2, 0) is 12.8 Å². The van der Waals surface area contributed by atoms with Crippen molar-refractivity contribution < 1.29 is 0 Å². The molecule has 21 heavy (non-hydrogen) atoms. The second kappa shape index (κ2) is 8.19.